The van der Waals surface area contributed by atoms with Gasteiger partial charge in [-0.1, -0.05) is 30.3 Å². The van der Waals surface area contributed by atoms with Crippen molar-refractivity contribution in [3.63, 3.8) is 0 Å². The van der Waals surface area contributed by atoms with Crippen LogP contribution in [0.4, 0.5) is 15.9 Å². The number of benzene rings is 2. The zero-order valence-electron chi connectivity index (χ0n) is 18.6. The molecule has 2 heterocycles. The topological polar surface area (TPSA) is 71.5 Å². The number of pyridine rings is 1. The zero-order valence-corrected chi connectivity index (χ0v) is 19.4. The molecule has 1 aliphatic rings. The van der Waals surface area contributed by atoms with E-state index in [4.69, 9.17) is 4.74 Å². The Balaban J connectivity index is 1.52. The fourth-order valence-corrected chi connectivity index (χ4v) is 5.68. The van der Waals surface area contributed by atoms with Crippen LogP contribution >= 0.6 is 0 Å². The van der Waals surface area contributed by atoms with Gasteiger partial charge in [0.2, 0.25) is 0 Å². The van der Waals surface area contributed by atoms with E-state index in [2.05, 4.69) is 10.3 Å². The second kappa shape index (κ2) is 9.89. The molecule has 8 heteroatoms. The van der Waals surface area contributed by atoms with E-state index in [-0.39, 0.29) is 16.1 Å². The molecule has 1 N–H and O–H groups in total. The Labute approximate surface area is 194 Å². The third-order valence-corrected chi connectivity index (χ3v) is 8.04. The second-order valence-electron chi connectivity index (χ2n) is 8.14. The highest BCUT2D eigenvalue weighted by molar-refractivity contribution is 7.92. The standard InChI is InChI=1S/C25H28FN3O3S/c1-2-29(22-9-4-3-5-10-22)33(30,31)23-11-12-24(27-18-23)28-19-25(13-15-32-16-14-25)20-7-6-8-21(26)17-20/h3-12,17-18H,2,13-16,19H2,1H3,(H,27,28). The maximum atomic E-state index is 13.9. The van der Waals surface area contributed by atoms with Crippen LogP contribution < -0.4 is 9.62 Å². The molecule has 0 saturated carbocycles. The molecule has 0 aliphatic carbocycles. The number of hydrogen-bond acceptors (Lipinski definition) is 5. The summed E-state index contributed by atoms with van der Waals surface area (Å²) >= 11 is 0. The van der Waals surface area contributed by atoms with Crippen LogP contribution in [0.3, 0.4) is 0 Å². The number of ether oxygens (including phenoxy) is 1. The summed E-state index contributed by atoms with van der Waals surface area (Å²) in [4.78, 5) is 4.49. The molecule has 3 aromatic rings. The lowest BCUT2D eigenvalue weighted by Crippen LogP contribution is -2.40. The van der Waals surface area contributed by atoms with Gasteiger partial charge in [-0.3, -0.25) is 4.31 Å². The number of hydrogen-bond donors (Lipinski definition) is 1. The largest absolute Gasteiger partial charge is 0.381 e. The number of halogens is 1. The van der Waals surface area contributed by atoms with Crippen LogP contribution in [-0.2, 0) is 20.2 Å². The van der Waals surface area contributed by atoms with Crippen molar-refractivity contribution < 1.29 is 17.5 Å². The van der Waals surface area contributed by atoms with Gasteiger partial charge in [-0.15, -0.1) is 0 Å². The molecule has 1 aliphatic heterocycles. The SMILES string of the molecule is CCN(c1ccccc1)S(=O)(=O)c1ccc(NCC2(c3cccc(F)c3)CCOCC2)nc1. The maximum absolute atomic E-state index is 13.9. The predicted octanol–water partition coefficient (Wildman–Crippen LogP) is 4.60. The molecule has 0 bridgehead atoms. The van der Waals surface area contributed by atoms with Gasteiger partial charge in [-0.25, -0.2) is 17.8 Å². The summed E-state index contributed by atoms with van der Waals surface area (Å²) in [6, 6.07) is 18.9. The number of para-hydroxylation sites is 1. The van der Waals surface area contributed by atoms with Gasteiger partial charge in [0.05, 0.1) is 5.69 Å². The first kappa shape index (κ1) is 23.2. The highest BCUT2D eigenvalue weighted by atomic mass is 32.2. The number of anilines is 2. The first-order valence-corrected chi connectivity index (χ1v) is 12.5. The average molecular weight is 470 g/mol. The van der Waals surface area contributed by atoms with Crippen LogP contribution in [0.2, 0.25) is 0 Å². The van der Waals surface area contributed by atoms with Gasteiger partial charge < -0.3 is 10.1 Å². The van der Waals surface area contributed by atoms with Crippen molar-refractivity contribution in [2.24, 2.45) is 0 Å². The summed E-state index contributed by atoms with van der Waals surface area (Å²) in [5.41, 5.74) is 1.26. The third kappa shape index (κ3) is 5.02. The Kier molecular flexibility index (Phi) is 6.95. The van der Waals surface area contributed by atoms with Crippen LogP contribution in [0, 0.1) is 5.82 Å². The summed E-state index contributed by atoms with van der Waals surface area (Å²) in [7, 11) is -3.73. The van der Waals surface area contributed by atoms with Gasteiger partial charge in [0.25, 0.3) is 10.0 Å². The summed E-state index contributed by atoms with van der Waals surface area (Å²) in [5, 5.41) is 3.33. The lowest BCUT2D eigenvalue weighted by Gasteiger charge is -2.38. The molecule has 0 unspecified atom stereocenters. The van der Waals surface area contributed by atoms with E-state index < -0.39 is 10.0 Å². The quantitative estimate of drug-likeness (QED) is 0.522. The van der Waals surface area contributed by atoms with E-state index in [1.165, 1.54) is 16.6 Å². The Morgan fingerprint density at radius 1 is 1.06 bits per heavy atom. The lowest BCUT2D eigenvalue weighted by atomic mass is 9.74. The Morgan fingerprint density at radius 3 is 2.45 bits per heavy atom. The van der Waals surface area contributed by atoms with Crippen molar-refractivity contribution >= 4 is 21.5 Å². The van der Waals surface area contributed by atoms with Crippen LogP contribution in [0.5, 0.6) is 0 Å². The molecule has 1 fully saturated rings. The molecular weight excluding hydrogens is 441 g/mol. The normalized spacial score (nSPS) is 15.7. The molecule has 0 atom stereocenters. The van der Waals surface area contributed by atoms with E-state index in [1.54, 1.807) is 43.3 Å². The van der Waals surface area contributed by atoms with Gasteiger partial charge in [0, 0.05) is 37.9 Å². The van der Waals surface area contributed by atoms with Crippen molar-refractivity contribution in [2.75, 3.05) is 35.9 Å². The monoisotopic (exact) mass is 469 g/mol. The first-order valence-electron chi connectivity index (χ1n) is 11.1. The molecule has 0 amide bonds. The summed E-state index contributed by atoms with van der Waals surface area (Å²) in [5.74, 6) is 0.309. The van der Waals surface area contributed by atoms with E-state index in [1.807, 2.05) is 24.3 Å². The molecule has 6 nitrogen and oxygen atoms in total. The van der Waals surface area contributed by atoms with Crippen molar-refractivity contribution in [1.82, 2.24) is 4.98 Å². The Bertz CT molecular complexity index is 1170. The maximum Gasteiger partial charge on any atom is 0.265 e. The van der Waals surface area contributed by atoms with E-state index in [0.29, 0.717) is 37.8 Å². The van der Waals surface area contributed by atoms with E-state index in [9.17, 15) is 12.8 Å². The highest BCUT2D eigenvalue weighted by Gasteiger charge is 2.35. The minimum Gasteiger partial charge on any atom is -0.381 e. The average Bonchev–Trinajstić information content (AvgIpc) is 2.84. The van der Waals surface area contributed by atoms with Crippen LogP contribution in [-0.4, -0.2) is 39.7 Å². The molecule has 174 valence electrons. The van der Waals surface area contributed by atoms with Gasteiger partial charge in [-0.05, 0) is 61.7 Å². The van der Waals surface area contributed by atoms with Gasteiger partial charge in [-0.2, -0.15) is 0 Å². The van der Waals surface area contributed by atoms with Crippen molar-refractivity contribution in [1.29, 1.82) is 0 Å². The van der Waals surface area contributed by atoms with Crippen molar-refractivity contribution in [3.05, 3.63) is 84.3 Å². The minimum absolute atomic E-state index is 0.129. The second-order valence-corrected chi connectivity index (χ2v) is 10.0. The number of aromatic nitrogens is 1. The van der Waals surface area contributed by atoms with Crippen LogP contribution in [0.25, 0.3) is 0 Å². The molecule has 33 heavy (non-hydrogen) atoms. The minimum atomic E-state index is -3.73. The molecule has 4 rings (SSSR count). The fourth-order valence-electron chi connectivity index (χ4n) is 4.26. The summed E-state index contributed by atoms with van der Waals surface area (Å²) < 4.78 is 47.1. The summed E-state index contributed by atoms with van der Waals surface area (Å²) in [6.07, 6.45) is 2.90. The number of rotatable bonds is 8. The number of nitrogens with one attached hydrogen (secondary N) is 1. The van der Waals surface area contributed by atoms with Gasteiger partial charge in [0.1, 0.15) is 16.5 Å². The molecule has 0 radical (unpaired) electrons. The molecule has 1 saturated heterocycles. The molecule has 1 aromatic heterocycles. The van der Waals surface area contributed by atoms with E-state index in [0.717, 1.165) is 18.4 Å². The Hall–Kier alpha value is -2.97. The van der Waals surface area contributed by atoms with Crippen molar-refractivity contribution in [2.45, 2.75) is 30.1 Å². The van der Waals surface area contributed by atoms with E-state index >= 15 is 0 Å². The molecule has 2 aromatic carbocycles. The smallest absolute Gasteiger partial charge is 0.265 e. The van der Waals surface area contributed by atoms with Crippen LogP contribution in [0.1, 0.15) is 25.3 Å². The summed E-state index contributed by atoms with van der Waals surface area (Å²) in [6.45, 7) is 3.87. The number of nitrogens with zero attached hydrogens (tertiary/aromatic N) is 2. The predicted molar refractivity (Wildman–Crippen MR) is 128 cm³/mol. The third-order valence-electron chi connectivity index (χ3n) is 6.15. The molecule has 0 spiro atoms. The van der Waals surface area contributed by atoms with Gasteiger partial charge >= 0.3 is 0 Å². The van der Waals surface area contributed by atoms with Crippen LogP contribution in [0.15, 0.2) is 77.8 Å². The zero-order chi connectivity index (χ0) is 23.3. The molecular formula is C25H28FN3O3S. The Morgan fingerprint density at radius 2 is 1.82 bits per heavy atom. The number of sulfonamides is 1. The lowest BCUT2D eigenvalue weighted by molar-refractivity contribution is 0.0542. The highest BCUT2D eigenvalue weighted by Crippen LogP contribution is 2.35. The van der Waals surface area contributed by atoms with Gasteiger partial charge in [0.15, 0.2) is 0 Å². The van der Waals surface area contributed by atoms with Crippen molar-refractivity contribution in [3.8, 4) is 0 Å². The fraction of sp³-hybridized carbons (Fsp3) is 0.320. The first-order chi connectivity index (χ1) is 15.9.